The zero-order valence-electron chi connectivity index (χ0n) is 16.8. The van der Waals surface area contributed by atoms with Gasteiger partial charge in [-0.05, 0) is 36.3 Å². The molecule has 1 aliphatic heterocycles. The first-order valence-electron chi connectivity index (χ1n) is 9.70. The maximum Gasteiger partial charge on any atom is 0.244 e. The van der Waals surface area contributed by atoms with Crippen LogP contribution in [0.2, 0.25) is 0 Å². The van der Waals surface area contributed by atoms with Gasteiger partial charge in [-0.3, -0.25) is 4.79 Å². The molecule has 1 aromatic heterocycles. The van der Waals surface area contributed by atoms with Gasteiger partial charge in [0.15, 0.2) is 11.5 Å². The number of carbonyl (C=O) groups is 1. The van der Waals surface area contributed by atoms with E-state index in [0.717, 1.165) is 16.8 Å². The van der Waals surface area contributed by atoms with Gasteiger partial charge >= 0.3 is 0 Å². The number of H-pyrrole nitrogens is 1. The molecule has 1 aliphatic rings. The van der Waals surface area contributed by atoms with Crippen LogP contribution < -0.4 is 19.5 Å². The summed E-state index contributed by atoms with van der Waals surface area (Å²) >= 11 is 0. The second-order valence-electron chi connectivity index (χ2n) is 6.86. The Hall–Kier alpha value is -3.74. The number of fused-ring (bicyclic) bond motifs is 1. The quantitative estimate of drug-likeness (QED) is 0.610. The van der Waals surface area contributed by atoms with E-state index in [0.29, 0.717) is 36.3 Å². The minimum atomic E-state index is -0.269. The Morgan fingerprint density at radius 2 is 2.03 bits per heavy atom. The van der Waals surface area contributed by atoms with E-state index in [1.807, 2.05) is 43.3 Å². The highest BCUT2D eigenvalue weighted by Crippen LogP contribution is 2.40. The molecule has 30 heavy (non-hydrogen) atoms. The van der Waals surface area contributed by atoms with Crippen molar-refractivity contribution in [1.29, 1.82) is 0 Å². The zero-order chi connectivity index (χ0) is 20.9. The van der Waals surface area contributed by atoms with Crippen LogP contribution in [0, 0.1) is 0 Å². The minimum absolute atomic E-state index is 0.228. The van der Waals surface area contributed by atoms with Crippen LogP contribution in [0.3, 0.4) is 0 Å². The van der Waals surface area contributed by atoms with Crippen LogP contribution in [0.15, 0.2) is 54.7 Å². The van der Waals surface area contributed by atoms with Gasteiger partial charge in [0, 0.05) is 6.08 Å². The summed E-state index contributed by atoms with van der Waals surface area (Å²) in [4.78, 5) is 20.0. The molecule has 2 N–H and O–H groups in total. The van der Waals surface area contributed by atoms with Crippen LogP contribution in [0.4, 0.5) is 0 Å². The van der Waals surface area contributed by atoms with Gasteiger partial charge in [0.05, 0.1) is 25.0 Å². The number of hydrogen-bond acceptors (Lipinski definition) is 5. The third-order valence-electron chi connectivity index (χ3n) is 4.73. The van der Waals surface area contributed by atoms with Crippen molar-refractivity contribution >= 4 is 12.0 Å². The zero-order valence-corrected chi connectivity index (χ0v) is 16.8. The molecular formula is C23H23N3O4. The van der Waals surface area contributed by atoms with Crippen molar-refractivity contribution in [3.05, 3.63) is 66.1 Å². The van der Waals surface area contributed by atoms with Gasteiger partial charge in [0.1, 0.15) is 19.0 Å². The van der Waals surface area contributed by atoms with Crippen LogP contribution in [0.5, 0.6) is 17.2 Å². The highest BCUT2D eigenvalue weighted by molar-refractivity contribution is 5.92. The Morgan fingerprint density at radius 3 is 2.83 bits per heavy atom. The van der Waals surface area contributed by atoms with Gasteiger partial charge in [-0.25, -0.2) is 4.98 Å². The number of ether oxygens (including phenoxy) is 3. The van der Waals surface area contributed by atoms with Gasteiger partial charge in [-0.15, -0.1) is 0 Å². The number of imidazole rings is 1. The smallest absolute Gasteiger partial charge is 0.244 e. The number of methoxy groups -OCH3 is 1. The summed E-state index contributed by atoms with van der Waals surface area (Å²) < 4.78 is 16.6. The molecule has 7 heteroatoms. The molecule has 0 aliphatic carbocycles. The molecule has 4 rings (SSSR count). The fourth-order valence-electron chi connectivity index (χ4n) is 3.21. The lowest BCUT2D eigenvalue weighted by Gasteiger charge is -2.20. The Bertz CT molecular complexity index is 1040. The van der Waals surface area contributed by atoms with E-state index in [4.69, 9.17) is 14.2 Å². The second kappa shape index (κ2) is 8.73. The molecule has 2 aromatic carbocycles. The Morgan fingerprint density at radius 1 is 1.23 bits per heavy atom. The average molecular weight is 405 g/mol. The van der Waals surface area contributed by atoms with Crippen molar-refractivity contribution in [2.75, 3.05) is 20.3 Å². The number of carbonyl (C=O) groups excluding carboxylic acids is 1. The van der Waals surface area contributed by atoms with E-state index < -0.39 is 0 Å². The minimum Gasteiger partial charge on any atom is -0.493 e. The molecule has 0 saturated carbocycles. The fourth-order valence-corrected chi connectivity index (χ4v) is 3.21. The highest BCUT2D eigenvalue weighted by atomic mass is 16.6. The number of amides is 1. The summed E-state index contributed by atoms with van der Waals surface area (Å²) in [5, 5.41) is 2.92. The van der Waals surface area contributed by atoms with Crippen molar-refractivity contribution in [3.63, 3.8) is 0 Å². The Balaban J connectivity index is 1.42. The standard InChI is InChI=1S/C23H23N3O4/c1-15(23-24-14-18(26-23)17-6-4-3-5-7-17)25-21(27)9-8-16-12-19(28-2)22-20(13-16)29-10-11-30-22/h3-9,12-15H,10-11H2,1-2H3,(H,24,26)(H,25,27)/b9-8+/t15-/m0/s1. The molecule has 154 valence electrons. The summed E-state index contributed by atoms with van der Waals surface area (Å²) in [6.45, 7) is 2.85. The van der Waals surface area contributed by atoms with E-state index in [-0.39, 0.29) is 11.9 Å². The first-order valence-corrected chi connectivity index (χ1v) is 9.70. The van der Waals surface area contributed by atoms with E-state index in [2.05, 4.69) is 15.3 Å². The van der Waals surface area contributed by atoms with Crippen molar-refractivity contribution in [1.82, 2.24) is 15.3 Å². The Kier molecular flexibility index (Phi) is 5.70. The largest absolute Gasteiger partial charge is 0.493 e. The summed E-state index contributed by atoms with van der Waals surface area (Å²) in [7, 11) is 1.57. The van der Waals surface area contributed by atoms with Gasteiger partial charge in [-0.1, -0.05) is 30.3 Å². The number of nitrogens with zero attached hydrogens (tertiary/aromatic N) is 1. The topological polar surface area (TPSA) is 85.5 Å². The third kappa shape index (κ3) is 4.30. The first-order chi connectivity index (χ1) is 14.6. The molecule has 3 aromatic rings. The molecule has 0 radical (unpaired) electrons. The second-order valence-corrected chi connectivity index (χ2v) is 6.86. The van der Waals surface area contributed by atoms with Gasteiger partial charge in [0.25, 0.3) is 0 Å². The molecule has 0 bridgehead atoms. The van der Waals surface area contributed by atoms with E-state index in [1.54, 1.807) is 25.4 Å². The molecule has 0 saturated heterocycles. The highest BCUT2D eigenvalue weighted by Gasteiger charge is 2.18. The van der Waals surface area contributed by atoms with Crippen LogP contribution in [-0.4, -0.2) is 36.2 Å². The van der Waals surface area contributed by atoms with Gasteiger partial charge < -0.3 is 24.5 Å². The van der Waals surface area contributed by atoms with Crippen LogP contribution in [0.25, 0.3) is 17.3 Å². The van der Waals surface area contributed by atoms with Crippen LogP contribution in [0.1, 0.15) is 24.4 Å². The van der Waals surface area contributed by atoms with Gasteiger partial charge in [0.2, 0.25) is 11.7 Å². The maximum atomic E-state index is 12.4. The summed E-state index contributed by atoms with van der Waals surface area (Å²) in [6, 6.07) is 13.3. The predicted octanol–water partition coefficient (Wildman–Crippen LogP) is 3.75. The van der Waals surface area contributed by atoms with Gasteiger partial charge in [-0.2, -0.15) is 0 Å². The number of hydrogen-bond donors (Lipinski definition) is 2. The van der Waals surface area contributed by atoms with E-state index >= 15 is 0 Å². The molecule has 2 heterocycles. The number of nitrogens with one attached hydrogen (secondary N) is 2. The average Bonchev–Trinajstić information content (AvgIpc) is 3.28. The van der Waals surface area contributed by atoms with Crippen molar-refractivity contribution in [2.45, 2.75) is 13.0 Å². The number of aromatic nitrogens is 2. The SMILES string of the molecule is COc1cc(/C=C/C(=O)N[C@@H](C)c2ncc(-c3ccccc3)[nH]2)cc2c1OCCO2. The van der Waals surface area contributed by atoms with Crippen LogP contribution in [-0.2, 0) is 4.79 Å². The number of benzene rings is 2. The van der Waals surface area contributed by atoms with Crippen molar-refractivity contribution in [2.24, 2.45) is 0 Å². The van der Waals surface area contributed by atoms with Crippen molar-refractivity contribution < 1.29 is 19.0 Å². The summed E-state index contributed by atoms with van der Waals surface area (Å²) in [6.07, 6.45) is 4.95. The number of aromatic amines is 1. The fraction of sp³-hybridized carbons (Fsp3) is 0.217. The monoisotopic (exact) mass is 405 g/mol. The lowest BCUT2D eigenvalue weighted by Crippen LogP contribution is -2.25. The Labute approximate surface area is 174 Å². The summed E-state index contributed by atoms with van der Waals surface area (Å²) in [5.41, 5.74) is 2.73. The molecule has 7 nitrogen and oxygen atoms in total. The molecule has 1 atom stereocenters. The summed E-state index contributed by atoms with van der Waals surface area (Å²) in [5.74, 6) is 2.24. The van der Waals surface area contributed by atoms with E-state index in [1.165, 1.54) is 6.08 Å². The predicted molar refractivity (Wildman–Crippen MR) is 114 cm³/mol. The molecule has 0 unspecified atom stereocenters. The molecular weight excluding hydrogens is 382 g/mol. The molecule has 0 spiro atoms. The lowest BCUT2D eigenvalue weighted by atomic mass is 10.1. The molecule has 0 fully saturated rings. The molecule has 1 amide bonds. The third-order valence-corrected chi connectivity index (χ3v) is 4.73. The van der Waals surface area contributed by atoms with Crippen LogP contribution >= 0.6 is 0 Å². The first kappa shape index (κ1) is 19.6. The van der Waals surface area contributed by atoms with E-state index in [9.17, 15) is 4.79 Å². The normalized spacial score (nSPS) is 13.8. The lowest BCUT2D eigenvalue weighted by molar-refractivity contribution is -0.117. The van der Waals surface area contributed by atoms with Crippen molar-refractivity contribution in [3.8, 4) is 28.5 Å². The maximum absolute atomic E-state index is 12.4. The number of rotatable bonds is 6.